The van der Waals surface area contributed by atoms with Gasteiger partial charge in [0.1, 0.15) is 5.01 Å². The Hall–Kier alpha value is -1.33. The molecule has 0 aliphatic carbocycles. The first-order valence-corrected chi connectivity index (χ1v) is 10.6. The average Bonchev–Trinajstić information content (AvgIpc) is 3.33. The average molecular weight is 388 g/mol. The molecular weight excluding hydrogens is 370 g/mol. The molecule has 0 spiro atoms. The van der Waals surface area contributed by atoms with Crippen molar-refractivity contribution in [2.75, 3.05) is 6.61 Å². The predicted molar refractivity (Wildman–Crippen MR) is 106 cm³/mol. The maximum atomic E-state index is 5.95. The van der Waals surface area contributed by atoms with Crippen LogP contribution in [0.4, 0.5) is 0 Å². The second-order valence-electron chi connectivity index (χ2n) is 6.01. The summed E-state index contributed by atoms with van der Waals surface area (Å²) in [5.74, 6) is 0.878. The van der Waals surface area contributed by atoms with Crippen molar-refractivity contribution < 1.29 is 4.74 Å². The number of halogens is 1. The Balaban J connectivity index is 1.37. The lowest BCUT2D eigenvalue weighted by molar-refractivity contribution is 0.112. The van der Waals surface area contributed by atoms with Gasteiger partial charge >= 0.3 is 0 Å². The lowest BCUT2D eigenvalue weighted by Gasteiger charge is -2.10. The number of hydrogen-bond acceptors (Lipinski definition) is 4. The van der Waals surface area contributed by atoms with Gasteiger partial charge in [-0.15, -0.1) is 23.1 Å². The van der Waals surface area contributed by atoms with Crippen molar-refractivity contribution in [1.29, 1.82) is 0 Å². The van der Waals surface area contributed by atoms with Gasteiger partial charge in [-0.1, -0.05) is 35.9 Å². The first-order chi connectivity index (χ1) is 12.3. The van der Waals surface area contributed by atoms with Crippen LogP contribution < -0.4 is 0 Å². The van der Waals surface area contributed by atoms with E-state index in [-0.39, 0.29) is 0 Å². The molecule has 0 saturated carbocycles. The Kier molecular flexibility index (Phi) is 5.42. The molecule has 5 heteroatoms. The van der Waals surface area contributed by atoms with E-state index >= 15 is 0 Å². The summed E-state index contributed by atoms with van der Waals surface area (Å²) in [6.07, 6.45) is 2.60. The van der Waals surface area contributed by atoms with E-state index in [1.165, 1.54) is 16.9 Å². The third-order valence-electron chi connectivity index (χ3n) is 4.21. The van der Waals surface area contributed by atoms with Gasteiger partial charge < -0.3 is 4.74 Å². The minimum absolute atomic E-state index is 0.291. The highest BCUT2D eigenvalue weighted by atomic mass is 35.5. The van der Waals surface area contributed by atoms with E-state index in [1.807, 2.05) is 36.0 Å². The molecule has 1 saturated heterocycles. The highest BCUT2D eigenvalue weighted by Gasteiger charge is 2.17. The fourth-order valence-electron chi connectivity index (χ4n) is 2.87. The van der Waals surface area contributed by atoms with Gasteiger partial charge in [-0.3, -0.25) is 0 Å². The fraction of sp³-hybridized carbons (Fsp3) is 0.250. The van der Waals surface area contributed by atoms with Gasteiger partial charge in [-0.05, 0) is 42.7 Å². The molecule has 1 unspecified atom stereocenters. The Morgan fingerprint density at radius 1 is 1.12 bits per heavy atom. The summed E-state index contributed by atoms with van der Waals surface area (Å²) >= 11 is 9.44. The summed E-state index contributed by atoms with van der Waals surface area (Å²) in [6, 6.07) is 16.6. The number of thioether (sulfide) groups is 1. The quantitative estimate of drug-likeness (QED) is 0.460. The molecule has 2 heterocycles. The normalized spacial score (nSPS) is 17.1. The van der Waals surface area contributed by atoms with E-state index < -0.39 is 0 Å². The Morgan fingerprint density at radius 2 is 1.92 bits per heavy atom. The number of nitrogens with zero attached hydrogens (tertiary/aromatic N) is 1. The zero-order valence-electron chi connectivity index (χ0n) is 13.7. The molecule has 128 valence electrons. The van der Waals surface area contributed by atoms with Gasteiger partial charge in [0, 0.05) is 33.2 Å². The van der Waals surface area contributed by atoms with Crippen molar-refractivity contribution in [1.82, 2.24) is 4.98 Å². The second-order valence-corrected chi connectivity index (χ2v) is 8.35. The summed E-state index contributed by atoms with van der Waals surface area (Å²) < 4.78 is 5.74. The topological polar surface area (TPSA) is 22.1 Å². The molecule has 1 aromatic heterocycles. The molecule has 1 fully saturated rings. The maximum Gasteiger partial charge on any atom is 0.123 e. The zero-order chi connectivity index (χ0) is 17.1. The molecule has 0 radical (unpaired) electrons. The number of benzene rings is 2. The first kappa shape index (κ1) is 17.1. The van der Waals surface area contributed by atoms with Crippen molar-refractivity contribution in [2.24, 2.45) is 0 Å². The van der Waals surface area contributed by atoms with Gasteiger partial charge in [-0.25, -0.2) is 4.98 Å². The Bertz CT molecular complexity index is 824. The highest BCUT2D eigenvalue weighted by molar-refractivity contribution is 7.98. The Morgan fingerprint density at radius 3 is 2.64 bits per heavy atom. The van der Waals surface area contributed by atoms with Crippen molar-refractivity contribution in [3.8, 4) is 10.6 Å². The Labute approximate surface area is 161 Å². The van der Waals surface area contributed by atoms with Crippen molar-refractivity contribution in [2.45, 2.75) is 29.6 Å². The van der Waals surface area contributed by atoms with Crippen LogP contribution in [0.5, 0.6) is 0 Å². The summed E-state index contributed by atoms with van der Waals surface area (Å²) in [5, 5.41) is 3.93. The molecule has 1 atom stereocenters. The zero-order valence-corrected chi connectivity index (χ0v) is 16.0. The molecule has 3 aromatic rings. The van der Waals surface area contributed by atoms with E-state index in [2.05, 4.69) is 29.6 Å². The number of aromatic nitrogens is 1. The summed E-state index contributed by atoms with van der Waals surface area (Å²) in [7, 11) is 0. The molecule has 0 bridgehead atoms. The van der Waals surface area contributed by atoms with Crippen LogP contribution in [0.25, 0.3) is 10.6 Å². The summed E-state index contributed by atoms with van der Waals surface area (Å²) in [4.78, 5) is 6.01. The molecule has 4 rings (SSSR count). The van der Waals surface area contributed by atoms with Crippen LogP contribution in [0, 0.1) is 0 Å². The minimum atomic E-state index is 0.291. The van der Waals surface area contributed by atoms with E-state index in [9.17, 15) is 0 Å². The summed E-state index contributed by atoms with van der Waals surface area (Å²) in [5.41, 5.74) is 3.52. The molecular formula is C20H18ClNOS2. The number of hydrogen-bond donors (Lipinski definition) is 0. The molecule has 25 heavy (non-hydrogen) atoms. The number of ether oxygens (including phenoxy) is 1. The molecule has 0 amide bonds. The van der Waals surface area contributed by atoms with E-state index in [0.29, 0.717) is 6.10 Å². The largest absolute Gasteiger partial charge is 0.374 e. The minimum Gasteiger partial charge on any atom is -0.374 e. The summed E-state index contributed by atoms with van der Waals surface area (Å²) in [6.45, 7) is 0.890. The van der Waals surface area contributed by atoms with Crippen LogP contribution in [0.1, 0.15) is 30.2 Å². The van der Waals surface area contributed by atoms with Crippen LogP contribution in [0.2, 0.25) is 5.02 Å². The predicted octanol–water partition coefficient (Wildman–Crippen LogP) is 6.61. The van der Waals surface area contributed by atoms with Crippen LogP contribution in [-0.4, -0.2) is 11.6 Å². The highest BCUT2D eigenvalue weighted by Crippen LogP contribution is 2.32. The van der Waals surface area contributed by atoms with Crippen LogP contribution in [0.3, 0.4) is 0 Å². The number of thiazole rings is 1. The SMILES string of the molecule is Clc1ccc(-c2nc(CSc3ccc(C4CCCO4)cc3)cs2)cc1. The lowest BCUT2D eigenvalue weighted by atomic mass is 10.1. The first-order valence-electron chi connectivity index (χ1n) is 8.33. The molecule has 2 aromatic carbocycles. The standard InChI is InChI=1S/C20H18ClNOS2/c21-16-7-3-15(4-8-16)20-22-17(13-25-20)12-24-18-9-5-14(6-10-18)19-2-1-11-23-19/h3-10,13,19H,1-2,11-12H2. The molecule has 1 aliphatic rings. The van der Waals surface area contributed by atoms with Crippen LogP contribution in [0.15, 0.2) is 58.8 Å². The van der Waals surface area contributed by atoms with Gasteiger partial charge in [0.05, 0.1) is 11.8 Å². The van der Waals surface area contributed by atoms with Gasteiger partial charge in [0.2, 0.25) is 0 Å². The van der Waals surface area contributed by atoms with E-state index in [0.717, 1.165) is 40.1 Å². The van der Waals surface area contributed by atoms with Crippen LogP contribution >= 0.6 is 34.7 Å². The van der Waals surface area contributed by atoms with Crippen molar-refractivity contribution in [3.63, 3.8) is 0 Å². The van der Waals surface area contributed by atoms with Crippen LogP contribution in [-0.2, 0) is 10.5 Å². The smallest absolute Gasteiger partial charge is 0.123 e. The third kappa shape index (κ3) is 4.26. The van der Waals surface area contributed by atoms with E-state index in [4.69, 9.17) is 21.3 Å². The molecule has 1 aliphatic heterocycles. The monoisotopic (exact) mass is 387 g/mol. The fourth-order valence-corrected chi connectivity index (χ4v) is 4.72. The molecule has 2 nitrogen and oxygen atoms in total. The van der Waals surface area contributed by atoms with E-state index in [1.54, 1.807) is 11.3 Å². The van der Waals surface area contributed by atoms with Crippen molar-refractivity contribution in [3.05, 3.63) is 70.2 Å². The second kappa shape index (κ2) is 7.92. The van der Waals surface area contributed by atoms with Gasteiger partial charge in [0.15, 0.2) is 0 Å². The third-order valence-corrected chi connectivity index (χ3v) is 6.45. The maximum absolute atomic E-state index is 5.95. The lowest BCUT2D eigenvalue weighted by Crippen LogP contribution is -1.94. The molecule has 0 N–H and O–H groups in total. The van der Waals surface area contributed by atoms with Gasteiger partial charge in [-0.2, -0.15) is 0 Å². The van der Waals surface area contributed by atoms with Gasteiger partial charge in [0.25, 0.3) is 0 Å². The van der Waals surface area contributed by atoms with Crippen molar-refractivity contribution >= 4 is 34.7 Å². The number of rotatable bonds is 5.